The Hall–Kier alpha value is -2.62. The molecule has 0 unspecified atom stereocenters. The van der Waals surface area contributed by atoms with Crippen LogP contribution in [0.4, 0.5) is 24.7 Å². The van der Waals surface area contributed by atoms with Gasteiger partial charge < -0.3 is 19.8 Å². The number of aliphatic hydroxyl groups is 1. The number of hydrogen-bond acceptors (Lipinski definition) is 6. The number of carbonyl (C=O) groups excluding carboxylic acids is 1. The zero-order chi connectivity index (χ0) is 22.3. The first-order chi connectivity index (χ1) is 13.9. The summed E-state index contributed by atoms with van der Waals surface area (Å²) >= 11 is 0. The monoisotopic (exact) mass is 426 g/mol. The smallest absolute Gasteiger partial charge is 0.383 e. The van der Waals surface area contributed by atoms with Gasteiger partial charge in [-0.1, -0.05) is 25.9 Å². The number of rotatable bonds is 4. The summed E-state index contributed by atoms with van der Waals surface area (Å²) in [5.41, 5.74) is 0.513. The summed E-state index contributed by atoms with van der Waals surface area (Å²) < 4.78 is 43.1. The first-order valence-electron chi connectivity index (χ1n) is 9.63. The van der Waals surface area contributed by atoms with E-state index in [1.54, 1.807) is 27.7 Å². The molecule has 164 valence electrons. The van der Waals surface area contributed by atoms with Crippen LogP contribution in [0.15, 0.2) is 16.7 Å². The quantitative estimate of drug-likeness (QED) is 0.775. The molecule has 2 N–H and O–H groups in total. The van der Waals surface area contributed by atoms with Crippen molar-refractivity contribution in [1.82, 2.24) is 10.1 Å². The molecule has 30 heavy (non-hydrogen) atoms. The number of aliphatic hydroxyl groups excluding tert-OH is 1. The average molecular weight is 426 g/mol. The van der Waals surface area contributed by atoms with E-state index < -0.39 is 29.3 Å². The molecule has 0 fully saturated rings. The highest BCUT2D eigenvalue weighted by molar-refractivity contribution is 5.94. The number of hydrogen-bond donors (Lipinski definition) is 2. The molecular weight excluding hydrogens is 401 g/mol. The van der Waals surface area contributed by atoms with Crippen molar-refractivity contribution in [1.29, 1.82) is 0 Å². The number of aromatic nitrogens is 2. The minimum atomic E-state index is -4.55. The highest BCUT2D eigenvalue weighted by Crippen LogP contribution is 2.33. The Kier molecular flexibility index (Phi) is 5.81. The molecule has 3 heterocycles. The number of alkyl halides is 3. The van der Waals surface area contributed by atoms with Crippen molar-refractivity contribution in [2.45, 2.75) is 59.4 Å². The minimum Gasteiger partial charge on any atom is -0.383 e. The van der Waals surface area contributed by atoms with Gasteiger partial charge in [-0.2, -0.15) is 13.2 Å². The van der Waals surface area contributed by atoms with Gasteiger partial charge in [-0.05, 0) is 36.8 Å². The molecule has 10 heteroatoms. The van der Waals surface area contributed by atoms with E-state index in [-0.39, 0.29) is 12.3 Å². The number of halogens is 3. The molecule has 1 amide bonds. The van der Waals surface area contributed by atoms with E-state index >= 15 is 0 Å². The van der Waals surface area contributed by atoms with E-state index in [2.05, 4.69) is 15.5 Å². The molecule has 0 saturated carbocycles. The zero-order valence-electron chi connectivity index (χ0n) is 17.3. The maximum Gasteiger partial charge on any atom is 0.436 e. The van der Waals surface area contributed by atoms with Crippen LogP contribution in [-0.2, 0) is 23.9 Å². The molecule has 1 aliphatic rings. The van der Waals surface area contributed by atoms with Crippen LogP contribution >= 0.6 is 0 Å². The lowest BCUT2D eigenvalue weighted by molar-refractivity contribution is -0.142. The third-order valence-corrected chi connectivity index (χ3v) is 4.96. The Labute approximate surface area is 172 Å². The molecule has 0 bridgehead atoms. The zero-order valence-corrected chi connectivity index (χ0v) is 17.3. The van der Waals surface area contributed by atoms with E-state index in [9.17, 15) is 23.1 Å². The van der Waals surface area contributed by atoms with Crippen LogP contribution in [0.3, 0.4) is 0 Å². The Balaban J connectivity index is 1.80. The topological polar surface area (TPSA) is 91.5 Å². The predicted molar refractivity (Wildman–Crippen MR) is 104 cm³/mol. The van der Waals surface area contributed by atoms with Crippen LogP contribution in [0.1, 0.15) is 49.9 Å². The van der Waals surface area contributed by atoms with Gasteiger partial charge in [-0.25, -0.2) is 4.98 Å². The lowest BCUT2D eigenvalue weighted by atomic mass is 9.88. The molecule has 2 aromatic heterocycles. The lowest BCUT2D eigenvalue weighted by Crippen LogP contribution is -2.38. The number of aryl methyl sites for hydroxylation is 2. The van der Waals surface area contributed by atoms with Gasteiger partial charge in [0, 0.05) is 12.6 Å². The van der Waals surface area contributed by atoms with Crippen molar-refractivity contribution in [3.63, 3.8) is 0 Å². The second kappa shape index (κ2) is 7.90. The first kappa shape index (κ1) is 22.1. The average Bonchev–Trinajstić information content (AvgIpc) is 3.10. The van der Waals surface area contributed by atoms with Crippen LogP contribution in [0, 0.1) is 12.3 Å². The molecule has 1 atom stereocenters. The van der Waals surface area contributed by atoms with Crippen LogP contribution in [0.5, 0.6) is 0 Å². The molecule has 0 aromatic carbocycles. The van der Waals surface area contributed by atoms with Gasteiger partial charge in [0.1, 0.15) is 11.9 Å². The molecular formula is C20H25F3N4O3. The normalized spacial score (nSPS) is 15.7. The van der Waals surface area contributed by atoms with Crippen molar-refractivity contribution in [3.8, 4) is 0 Å². The summed E-state index contributed by atoms with van der Waals surface area (Å²) in [6.45, 7) is 7.81. The van der Waals surface area contributed by atoms with Crippen LogP contribution < -0.4 is 10.2 Å². The number of fused-ring (bicyclic) bond motifs is 1. The number of anilines is 2. The maximum atomic E-state index is 12.8. The summed E-state index contributed by atoms with van der Waals surface area (Å²) in [4.78, 5) is 18.8. The Morgan fingerprint density at radius 1 is 1.33 bits per heavy atom. The fourth-order valence-electron chi connectivity index (χ4n) is 3.23. The molecule has 2 aromatic rings. The molecule has 0 aliphatic carbocycles. The Morgan fingerprint density at radius 3 is 2.63 bits per heavy atom. The Morgan fingerprint density at radius 2 is 2.03 bits per heavy atom. The van der Waals surface area contributed by atoms with Gasteiger partial charge in [0.05, 0.1) is 17.9 Å². The van der Waals surface area contributed by atoms with E-state index in [4.69, 9.17) is 4.52 Å². The third-order valence-electron chi connectivity index (χ3n) is 4.96. The van der Waals surface area contributed by atoms with Gasteiger partial charge in [-0.3, -0.25) is 4.79 Å². The second-order valence-electron chi connectivity index (χ2n) is 8.58. The van der Waals surface area contributed by atoms with E-state index in [1.807, 2.05) is 11.0 Å². The van der Waals surface area contributed by atoms with Gasteiger partial charge >= 0.3 is 6.18 Å². The van der Waals surface area contributed by atoms with Crippen LogP contribution in [-0.4, -0.2) is 33.8 Å². The van der Waals surface area contributed by atoms with Crippen LogP contribution in [0.2, 0.25) is 0 Å². The van der Waals surface area contributed by atoms with Crippen molar-refractivity contribution in [2.75, 3.05) is 16.8 Å². The predicted octanol–water partition coefficient (Wildman–Crippen LogP) is 3.70. The number of carbonyl (C=O) groups is 1. The molecule has 1 aliphatic heterocycles. The summed E-state index contributed by atoms with van der Waals surface area (Å²) in [6, 6.07) is 2.73. The van der Waals surface area contributed by atoms with Crippen molar-refractivity contribution in [2.24, 2.45) is 5.41 Å². The largest absolute Gasteiger partial charge is 0.436 e. The van der Waals surface area contributed by atoms with E-state index in [0.717, 1.165) is 23.9 Å². The lowest BCUT2D eigenvalue weighted by Gasteiger charge is -2.31. The summed E-state index contributed by atoms with van der Waals surface area (Å²) in [6.07, 6.45) is -4.33. The summed E-state index contributed by atoms with van der Waals surface area (Å²) in [5, 5.41) is 15.9. The van der Waals surface area contributed by atoms with Crippen molar-refractivity contribution in [3.05, 3.63) is 34.8 Å². The molecule has 0 saturated heterocycles. The highest BCUT2D eigenvalue weighted by atomic mass is 19.4. The van der Waals surface area contributed by atoms with Gasteiger partial charge in [0.15, 0.2) is 11.5 Å². The third kappa shape index (κ3) is 4.75. The van der Waals surface area contributed by atoms with E-state index in [0.29, 0.717) is 24.3 Å². The van der Waals surface area contributed by atoms with E-state index in [1.165, 1.54) is 0 Å². The first-order valence-corrected chi connectivity index (χ1v) is 9.63. The fraction of sp³-hybridized carbons (Fsp3) is 0.550. The van der Waals surface area contributed by atoms with Gasteiger partial charge in [0.25, 0.3) is 5.91 Å². The number of nitrogens with one attached hydrogen (secondary N) is 1. The molecule has 7 nitrogen and oxygen atoms in total. The van der Waals surface area contributed by atoms with Crippen molar-refractivity contribution >= 4 is 17.4 Å². The summed E-state index contributed by atoms with van der Waals surface area (Å²) in [7, 11) is 0. The number of nitrogens with zero attached hydrogens (tertiary/aromatic N) is 3. The summed E-state index contributed by atoms with van der Waals surface area (Å²) in [5.74, 6) is -0.0616. The Bertz CT molecular complexity index is 934. The molecule has 3 rings (SSSR count). The van der Waals surface area contributed by atoms with Gasteiger partial charge in [-0.15, -0.1) is 0 Å². The molecule has 0 spiro atoms. The fourth-order valence-corrected chi connectivity index (χ4v) is 3.23. The maximum absolute atomic E-state index is 12.8. The minimum absolute atomic E-state index is 0.110. The standard InChI is InChI=1S/C20H25F3N4O3/c1-11-8-14-13(24-17(11)25-18(29)16(28)19(2,3)4)6-5-7-27(14)10-12-9-15(26-30-12)20(21,22)23/h8-9,16,28H,5-7,10H2,1-4H3,(H,24,25,29)/t16-/m0/s1. The highest BCUT2D eigenvalue weighted by Gasteiger charge is 2.35. The van der Waals surface area contributed by atoms with Crippen molar-refractivity contribution < 1.29 is 27.6 Å². The SMILES string of the molecule is Cc1cc2c(nc1NC(=O)[C@H](O)C(C)(C)C)CCCN2Cc1cc(C(F)(F)F)no1. The number of amides is 1. The van der Waals surface area contributed by atoms with Crippen LogP contribution in [0.25, 0.3) is 0 Å². The van der Waals surface area contributed by atoms with Gasteiger partial charge in [0.2, 0.25) is 0 Å². The molecule has 0 radical (unpaired) electrons. The number of pyridine rings is 1. The second-order valence-corrected chi connectivity index (χ2v) is 8.58.